The maximum absolute atomic E-state index is 11.4. The molecule has 0 spiro atoms. The van der Waals surface area contributed by atoms with Crippen LogP contribution in [0.15, 0.2) is 18.3 Å². The van der Waals surface area contributed by atoms with Crippen molar-refractivity contribution in [1.82, 2.24) is 4.98 Å². The zero-order chi connectivity index (χ0) is 13.5. The number of pyridine rings is 1. The molecule has 0 amide bonds. The van der Waals surface area contributed by atoms with Gasteiger partial charge in [-0.05, 0) is 19.1 Å². The molecule has 0 bridgehead atoms. The third kappa shape index (κ3) is 4.29. The second kappa shape index (κ2) is 6.90. The van der Waals surface area contributed by atoms with Gasteiger partial charge >= 0.3 is 5.97 Å². The van der Waals surface area contributed by atoms with Crippen LogP contribution >= 0.6 is 12.2 Å². The summed E-state index contributed by atoms with van der Waals surface area (Å²) in [5, 5.41) is 0. The van der Waals surface area contributed by atoms with Crippen LogP contribution in [-0.2, 0) is 4.74 Å². The van der Waals surface area contributed by atoms with E-state index in [0.717, 1.165) is 5.82 Å². The van der Waals surface area contributed by atoms with Crippen molar-refractivity contribution >= 4 is 29.0 Å². The lowest BCUT2D eigenvalue weighted by Crippen LogP contribution is -2.24. The minimum absolute atomic E-state index is 0.356. The fourth-order valence-corrected chi connectivity index (χ4v) is 1.43. The summed E-state index contributed by atoms with van der Waals surface area (Å²) in [4.78, 5) is 18.0. The number of hydrogen-bond acceptors (Lipinski definition) is 5. The van der Waals surface area contributed by atoms with E-state index < -0.39 is 0 Å². The van der Waals surface area contributed by atoms with E-state index in [1.54, 1.807) is 19.1 Å². The lowest BCUT2D eigenvalue weighted by Gasteiger charge is -2.17. The van der Waals surface area contributed by atoms with E-state index in [-0.39, 0.29) is 5.97 Å². The van der Waals surface area contributed by atoms with E-state index in [0.29, 0.717) is 30.1 Å². The molecule has 0 aliphatic carbocycles. The Morgan fingerprint density at radius 1 is 1.56 bits per heavy atom. The van der Waals surface area contributed by atoms with E-state index in [2.05, 4.69) is 4.98 Å². The number of carbonyl (C=O) groups is 1. The number of aromatic nitrogens is 1. The highest BCUT2D eigenvalue weighted by Crippen LogP contribution is 2.10. The molecule has 1 rings (SSSR count). The van der Waals surface area contributed by atoms with Crippen molar-refractivity contribution in [3.8, 4) is 0 Å². The van der Waals surface area contributed by atoms with Crippen LogP contribution in [0.5, 0.6) is 0 Å². The van der Waals surface area contributed by atoms with Crippen molar-refractivity contribution in [1.29, 1.82) is 0 Å². The Hall–Kier alpha value is -1.69. The molecule has 0 aliphatic heterocycles. The van der Waals surface area contributed by atoms with Crippen molar-refractivity contribution in [3.63, 3.8) is 0 Å². The first kappa shape index (κ1) is 14.4. The summed E-state index contributed by atoms with van der Waals surface area (Å²) in [6.07, 6.45) is 2.14. The number of nitrogens with zero attached hydrogens (tertiary/aromatic N) is 2. The van der Waals surface area contributed by atoms with Crippen molar-refractivity contribution in [2.75, 3.05) is 25.1 Å². The van der Waals surface area contributed by atoms with Crippen molar-refractivity contribution < 1.29 is 9.53 Å². The molecule has 2 N–H and O–H groups in total. The average Bonchev–Trinajstić information content (AvgIpc) is 2.36. The largest absolute Gasteiger partial charge is 0.462 e. The fraction of sp³-hybridized carbons (Fsp3) is 0.417. The quantitative estimate of drug-likeness (QED) is 0.620. The summed E-state index contributed by atoms with van der Waals surface area (Å²) in [6.45, 7) is 2.82. The molecule has 0 saturated heterocycles. The number of carbonyl (C=O) groups excluding carboxylic acids is 1. The van der Waals surface area contributed by atoms with Gasteiger partial charge in [0.2, 0.25) is 0 Å². The summed E-state index contributed by atoms with van der Waals surface area (Å²) in [5.41, 5.74) is 5.89. The molecule has 0 unspecified atom stereocenters. The molecule has 0 saturated carbocycles. The summed E-state index contributed by atoms with van der Waals surface area (Å²) in [6, 6.07) is 3.46. The van der Waals surface area contributed by atoms with Gasteiger partial charge in [0.15, 0.2) is 0 Å². The monoisotopic (exact) mass is 267 g/mol. The van der Waals surface area contributed by atoms with E-state index in [1.165, 1.54) is 6.20 Å². The van der Waals surface area contributed by atoms with Crippen LogP contribution in [0, 0.1) is 0 Å². The molecule has 0 aromatic carbocycles. The van der Waals surface area contributed by atoms with Crippen molar-refractivity contribution in [2.45, 2.75) is 13.3 Å². The Morgan fingerprint density at radius 3 is 2.78 bits per heavy atom. The van der Waals surface area contributed by atoms with Crippen LogP contribution in [0.1, 0.15) is 23.7 Å². The second-order valence-corrected chi connectivity index (χ2v) is 4.29. The van der Waals surface area contributed by atoms with Crippen molar-refractivity contribution in [2.24, 2.45) is 5.73 Å². The van der Waals surface area contributed by atoms with Crippen LogP contribution in [0.25, 0.3) is 0 Å². The van der Waals surface area contributed by atoms with Crippen LogP contribution in [0.3, 0.4) is 0 Å². The minimum atomic E-state index is -0.359. The van der Waals surface area contributed by atoms with Crippen LogP contribution < -0.4 is 10.6 Å². The average molecular weight is 267 g/mol. The maximum Gasteiger partial charge on any atom is 0.339 e. The van der Waals surface area contributed by atoms with Crippen LogP contribution in [0.4, 0.5) is 5.82 Å². The lowest BCUT2D eigenvalue weighted by atomic mass is 10.3. The molecule has 0 fully saturated rings. The zero-order valence-electron chi connectivity index (χ0n) is 10.5. The van der Waals surface area contributed by atoms with Gasteiger partial charge in [0.1, 0.15) is 5.82 Å². The Bertz CT molecular complexity index is 420. The number of thiocarbonyl (C=S) groups is 1. The summed E-state index contributed by atoms with van der Waals surface area (Å²) < 4.78 is 4.88. The standard InChI is InChI=1S/C12H17N3O2S/c1-3-17-12(16)9-4-5-11(14-8-9)15(2)7-6-10(13)18/h4-5,8H,3,6-7H2,1-2H3,(H2,13,18). The van der Waals surface area contributed by atoms with E-state index in [1.807, 2.05) is 11.9 Å². The molecular weight excluding hydrogens is 250 g/mol. The minimum Gasteiger partial charge on any atom is -0.462 e. The molecule has 0 radical (unpaired) electrons. The number of hydrogen-bond donors (Lipinski definition) is 1. The van der Waals surface area contributed by atoms with Crippen molar-refractivity contribution in [3.05, 3.63) is 23.9 Å². The Kier molecular flexibility index (Phi) is 5.51. The Balaban J connectivity index is 2.64. The molecule has 1 aromatic heterocycles. The van der Waals surface area contributed by atoms with Gasteiger partial charge in [0.05, 0.1) is 17.2 Å². The van der Waals surface area contributed by atoms with E-state index in [4.69, 9.17) is 22.7 Å². The van der Waals surface area contributed by atoms with Gasteiger partial charge in [0.25, 0.3) is 0 Å². The number of ether oxygens (including phenoxy) is 1. The first-order chi connectivity index (χ1) is 8.54. The molecule has 98 valence electrons. The van der Waals surface area contributed by atoms with Gasteiger partial charge in [0, 0.05) is 26.2 Å². The molecule has 1 aromatic rings. The molecule has 18 heavy (non-hydrogen) atoms. The Morgan fingerprint density at radius 2 is 2.28 bits per heavy atom. The summed E-state index contributed by atoms with van der Waals surface area (Å²) >= 11 is 4.82. The topological polar surface area (TPSA) is 68.5 Å². The van der Waals surface area contributed by atoms with E-state index >= 15 is 0 Å². The zero-order valence-corrected chi connectivity index (χ0v) is 11.4. The third-order valence-corrected chi connectivity index (χ3v) is 2.55. The molecule has 6 heteroatoms. The molecule has 0 aliphatic rings. The van der Waals surface area contributed by atoms with Gasteiger partial charge in [-0.1, -0.05) is 12.2 Å². The highest BCUT2D eigenvalue weighted by molar-refractivity contribution is 7.80. The van der Waals surface area contributed by atoms with Gasteiger partial charge in [-0.25, -0.2) is 9.78 Å². The highest BCUT2D eigenvalue weighted by atomic mass is 32.1. The molecular formula is C12H17N3O2S. The lowest BCUT2D eigenvalue weighted by molar-refractivity contribution is 0.0526. The smallest absolute Gasteiger partial charge is 0.339 e. The number of rotatable bonds is 6. The predicted molar refractivity (Wildman–Crippen MR) is 74.9 cm³/mol. The second-order valence-electron chi connectivity index (χ2n) is 3.76. The van der Waals surface area contributed by atoms with Gasteiger partial charge in [-0.15, -0.1) is 0 Å². The van der Waals surface area contributed by atoms with Gasteiger partial charge in [-0.2, -0.15) is 0 Å². The highest BCUT2D eigenvalue weighted by Gasteiger charge is 2.08. The van der Waals surface area contributed by atoms with E-state index in [9.17, 15) is 4.79 Å². The molecule has 1 heterocycles. The van der Waals surface area contributed by atoms with Gasteiger partial charge in [-0.3, -0.25) is 0 Å². The Labute approximate surface area is 112 Å². The van der Waals surface area contributed by atoms with Crippen LogP contribution in [0.2, 0.25) is 0 Å². The normalized spacial score (nSPS) is 9.89. The fourth-order valence-electron chi connectivity index (χ4n) is 1.34. The number of nitrogens with two attached hydrogens (primary N) is 1. The maximum atomic E-state index is 11.4. The number of esters is 1. The predicted octanol–water partition coefficient (Wildman–Crippen LogP) is 1.37. The first-order valence-corrected chi connectivity index (χ1v) is 6.08. The summed E-state index contributed by atoms with van der Waals surface area (Å²) in [7, 11) is 1.89. The van der Waals surface area contributed by atoms with Gasteiger partial charge < -0.3 is 15.4 Å². The van der Waals surface area contributed by atoms with Crippen LogP contribution in [-0.4, -0.2) is 36.1 Å². The first-order valence-electron chi connectivity index (χ1n) is 5.67. The third-order valence-electron chi connectivity index (χ3n) is 2.34. The summed E-state index contributed by atoms with van der Waals surface area (Å²) in [5.74, 6) is 0.404. The number of anilines is 1. The SMILES string of the molecule is CCOC(=O)c1ccc(N(C)CCC(N)=S)nc1. The molecule has 0 atom stereocenters. The molecule has 5 nitrogen and oxygen atoms in total.